The van der Waals surface area contributed by atoms with Crippen LogP contribution in [-0.2, 0) is 14.2 Å². The van der Waals surface area contributed by atoms with Gasteiger partial charge in [-0.2, -0.15) is 0 Å². The summed E-state index contributed by atoms with van der Waals surface area (Å²) in [6.45, 7) is -1.34. The van der Waals surface area contributed by atoms with E-state index < -0.39 is 74.6 Å². The standard InChI is InChI=1S/C12H22O11/c13-1-3-5(15)7(17)8(18)12(22-3)23-10-6(16)4(2-14)21-11(20)9(10)19/h3-20H,1-2H2/t3?,4?,5-,6-,7+,8?,9?,10+,11?,12+/m0/s1. The Morgan fingerprint density at radius 2 is 1.22 bits per heavy atom. The van der Waals surface area contributed by atoms with Crippen LogP contribution < -0.4 is 0 Å². The molecule has 0 spiro atoms. The van der Waals surface area contributed by atoms with Crippen molar-refractivity contribution in [1.82, 2.24) is 0 Å². The number of ether oxygens (including phenoxy) is 3. The monoisotopic (exact) mass is 342 g/mol. The van der Waals surface area contributed by atoms with Gasteiger partial charge in [-0.3, -0.25) is 0 Å². The van der Waals surface area contributed by atoms with Crippen LogP contribution in [0.4, 0.5) is 0 Å². The molecule has 11 nitrogen and oxygen atoms in total. The van der Waals surface area contributed by atoms with Crippen LogP contribution in [0.1, 0.15) is 0 Å². The average Bonchev–Trinajstić information content (AvgIpc) is 2.54. The molecule has 0 aromatic heterocycles. The average molecular weight is 342 g/mol. The third-order valence-corrected chi connectivity index (χ3v) is 3.98. The fraction of sp³-hybridized carbons (Fsp3) is 1.00. The second kappa shape index (κ2) is 7.63. The molecule has 11 heteroatoms. The van der Waals surface area contributed by atoms with Gasteiger partial charge in [0.25, 0.3) is 0 Å². The first-order valence-electron chi connectivity index (χ1n) is 7.08. The van der Waals surface area contributed by atoms with E-state index in [9.17, 15) is 30.6 Å². The second-order valence-corrected chi connectivity index (χ2v) is 5.53. The molecule has 0 saturated carbocycles. The van der Waals surface area contributed by atoms with Gasteiger partial charge in [0.15, 0.2) is 12.6 Å². The molecular weight excluding hydrogens is 320 g/mol. The van der Waals surface area contributed by atoms with Crippen molar-refractivity contribution in [3.05, 3.63) is 0 Å². The van der Waals surface area contributed by atoms with Gasteiger partial charge in [-0.15, -0.1) is 0 Å². The SMILES string of the molecule is OCC1O[C@H](O[C@H]2C(O)C(O)OC(CO)[C@@H]2O)C(O)[C@H](O)[C@H]1O. The largest absolute Gasteiger partial charge is 0.394 e. The topological polar surface area (TPSA) is 190 Å². The maximum atomic E-state index is 10.00. The zero-order valence-electron chi connectivity index (χ0n) is 12.0. The third-order valence-electron chi connectivity index (χ3n) is 3.98. The van der Waals surface area contributed by atoms with Crippen LogP contribution in [0.2, 0.25) is 0 Å². The first-order valence-corrected chi connectivity index (χ1v) is 7.08. The minimum Gasteiger partial charge on any atom is -0.394 e. The van der Waals surface area contributed by atoms with E-state index in [0.717, 1.165) is 0 Å². The van der Waals surface area contributed by atoms with E-state index in [1.165, 1.54) is 0 Å². The van der Waals surface area contributed by atoms with Crippen LogP contribution in [0.15, 0.2) is 0 Å². The zero-order chi connectivity index (χ0) is 17.3. The van der Waals surface area contributed by atoms with Crippen LogP contribution in [0, 0.1) is 0 Å². The maximum absolute atomic E-state index is 10.00. The molecule has 2 saturated heterocycles. The van der Waals surface area contributed by atoms with Crippen LogP contribution in [0.25, 0.3) is 0 Å². The number of aliphatic hydroxyl groups excluding tert-OH is 8. The van der Waals surface area contributed by atoms with Crippen molar-refractivity contribution in [2.75, 3.05) is 13.2 Å². The predicted molar refractivity (Wildman–Crippen MR) is 68.6 cm³/mol. The summed E-state index contributed by atoms with van der Waals surface area (Å²) in [5, 5.41) is 76.8. The van der Waals surface area contributed by atoms with Gasteiger partial charge in [0.05, 0.1) is 13.2 Å². The smallest absolute Gasteiger partial charge is 0.187 e. The molecule has 23 heavy (non-hydrogen) atoms. The summed E-state index contributed by atoms with van der Waals surface area (Å²) >= 11 is 0. The quantitative estimate of drug-likeness (QED) is 0.243. The molecule has 0 aromatic carbocycles. The molecule has 136 valence electrons. The summed E-state index contributed by atoms with van der Waals surface area (Å²) in [7, 11) is 0. The number of rotatable bonds is 4. The number of aliphatic hydroxyl groups is 8. The normalized spacial score (nSPS) is 51.7. The Bertz CT molecular complexity index is 380. The second-order valence-electron chi connectivity index (χ2n) is 5.53. The summed E-state index contributed by atoms with van der Waals surface area (Å²) in [4.78, 5) is 0. The molecular formula is C12H22O11. The van der Waals surface area contributed by atoms with Crippen molar-refractivity contribution >= 4 is 0 Å². The molecule has 2 heterocycles. The predicted octanol–water partition coefficient (Wildman–Crippen LogP) is -5.40. The lowest BCUT2D eigenvalue weighted by atomic mass is 9.97. The fourth-order valence-electron chi connectivity index (χ4n) is 2.56. The summed E-state index contributed by atoms with van der Waals surface area (Å²) < 4.78 is 15.1. The van der Waals surface area contributed by atoms with E-state index in [2.05, 4.69) is 0 Å². The van der Waals surface area contributed by atoms with Gasteiger partial charge >= 0.3 is 0 Å². The Hall–Kier alpha value is -0.440. The molecule has 0 aliphatic carbocycles. The van der Waals surface area contributed by atoms with E-state index in [1.807, 2.05) is 0 Å². The van der Waals surface area contributed by atoms with Crippen LogP contribution in [-0.4, -0.2) is 115 Å². The van der Waals surface area contributed by atoms with E-state index in [4.69, 9.17) is 24.4 Å². The fourth-order valence-corrected chi connectivity index (χ4v) is 2.56. The number of hydrogen-bond donors (Lipinski definition) is 8. The van der Waals surface area contributed by atoms with Crippen LogP contribution in [0.5, 0.6) is 0 Å². The molecule has 0 bridgehead atoms. The molecule has 8 N–H and O–H groups in total. The summed E-state index contributed by atoms with van der Waals surface area (Å²) in [6, 6.07) is 0. The highest BCUT2D eigenvalue weighted by Crippen LogP contribution is 2.28. The van der Waals surface area contributed by atoms with Crippen LogP contribution in [0.3, 0.4) is 0 Å². The third kappa shape index (κ3) is 3.65. The molecule has 2 rings (SSSR count). The van der Waals surface area contributed by atoms with Crippen molar-refractivity contribution in [3.63, 3.8) is 0 Å². The van der Waals surface area contributed by atoms with Crippen molar-refractivity contribution in [2.24, 2.45) is 0 Å². The van der Waals surface area contributed by atoms with Gasteiger partial charge in [0.2, 0.25) is 0 Å². The van der Waals surface area contributed by atoms with Gasteiger partial charge in [0, 0.05) is 0 Å². The van der Waals surface area contributed by atoms with Crippen molar-refractivity contribution in [1.29, 1.82) is 0 Å². The summed E-state index contributed by atoms with van der Waals surface area (Å²) in [5.41, 5.74) is 0. The van der Waals surface area contributed by atoms with Gasteiger partial charge in [-0.05, 0) is 0 Å². The van der Waals surface area contributed by atoms with E-state index in [0.29, 0.717) is 0 Å². The highest BCUT2D eigenvalue weighted by molar-refractivity contribution is 4.93. The highest BCUT2D eigenvalue weighted by atomic mass is 16.7. The first kappa shape index (κ1) is 18.9. The Labute approximate surface area is 130 Å². The minimum absolute atomic E-state index is 0.667. The molecule has 2 fully saturated rings. The summed E-state index contributed by atoms with van der Waals surface area (Å²) in [5.74, 6) is 0. The van der Waals surface area contributed by atoms with Gasteiger partial charge in [0.1, 0.15) is 48.8 Å². The molecule has 2 aliphatic heterocycles. The van der Waals surface area contributed by atoms with Crippen molar-refractivity contribution in [3.8, 4) is 0 Å². The molecule has 10 atom stereocenters. The van der Waals surface area contributed by atoms with Crippen molar-refractivity contribution < 1.29 is 55.1 Å². The lowest BCUT2D eigenvalue weighted by Gasteiger charge is -2.45. The first-order chi connectivity index (χ1) is 10.8. The molecule has 2 aliphatic rings. The van der Waals surface area contributed by atoms with E-state index in [1.54, 1.807) is 0 Å². The van der Waals surface area contributed by atoms with E-state index >= 15 is 0 Å². The van der Waals surface area contributed by atoms with Gasteiger partial charge in [-0.25, -0.2) is 0 Å². The molecule has 0 aromatic rings. The Kier molecular flexibility index (Phi) is 6.27. The molecule has 5 unspecified atom stereocenters. The zero-order valence-corrected chi connectivity index (χ0v) is 12.0. The lowest BCUT2D eigenvalue weighted by Crippen LogP contribution is -2.64. The van der Waals surface area contributed by atoms with Gasteiger partial charge in [-0.1, -0.05) is 0 Å². The maximum Gasteiger partial charge on any atom is 0.187 e. The van der Waals surface area contributed by atoms with Gasteiger partial charge < -0.3 is 55.1 Å². The number of hydrogen-bond acceptors (Lipinski definition) is 11. The summed E-state index contributed by atoms with van der Waals surface area (Å²) in [6.07, 6.45) is -15.7. The highest BCUT2D eigenvalue weighted by Gasteiger charge is 2.50. The molecule has 0 radical (unpaired) electrons. The Morgan fingerprint density at radius 1 is 0.652 bits per heavy atom. The van der Waals surface area contributed by atoms with Crippen LogP contribution >= 0.6 is 0 Å². The van der Waals surface area contributed by atoms with E-state index in [-0.39, 0.29) is 0 Å². The van der Waals surface area contributed by atoms with Crippen molar-refractivity contribution in [2.45, 2.75) is 61.4 Å². The minimum atomic E-state index is -1.76. The Morgan fingerprint density at radius 3 is 1.78 bits per heavy atom. The lowest BCUT2D eigenvalue weighted by molar-refractivity contribution is -0.355. The molecule has 0 amide bonds. The Balaban J connectivity index is 2.11.